The predicted molar refractivity (Wildman–Crippen MR) is 114 cm³/mol. The van der Waals surface area contributed by atoms with Crippen LogP contribution in [0.4, 0.5) is 5.69 Å². The van der Waals surface area contributed by atoms with Crippen LogP contribution in [0, 0.1) is 6.92 Å². The molecule has 1 fully saturated rings. The van der Waals surface area contributed by atoms with Crippen LogP contribution < -0.4 is 10.5 Å². The molecule has 3 N–H and O–H groups in total. The van der Waals surface area contributed by atoms with E-state index in [1.807, 2.05) is 20.8 Å². The van der Waals surface area contributed by atoms with Crippen molar-refractivity contribution in [1.29, 1.82) is 0 Å². The third kappa shape index (κ3) is 5.10. The van der Waals surface area contributed by atoms with Crippen molar-refractivity contribution in [1.82, 2.24) is 4.90 Å². The van der Waals surface area contributed by atoms with Gasteiger partial charge in [0.2, 0.25) is 10.0 Å². The fraction of sp³-hybridized carbons (Fsp3) is 0.476. The summed E-state index contributed by atoms with van der Waals surface area (Å²) in [5.74, 6) is 0.958. The fourth-order valence-corrected chi connectivity index (χ4v) is 4.13. The van der Waals surface area contributed by atoms with Crippen molar-refractivity contribution < 1.29 is 22.4 Å². The van der Waals surface area contributed by atoms with Crippen LogP contribution in [0.25, 0.3) is 0 Å². The van der Waals surface area contributed by atoms with Crippen LogP contribution in [0.3, 0.4) is 0 Å². The van der Waals surface area contributed by atoms with Gasteiger partial charge in [-0.15, -0.1) is 0 Å². The molecule has 1 aliphatic rings. The van der Waals surface area contributed by atoms with E-state index in [0.29, 0.717) is 36.8 Å². The number of carbonyl (C=O) groups is 1. The van der Waals surface area contributed by atoms with Crippen molar-refractivity contribution in [2.75, 3.05) is 31.6 Å². The number of morpholine rings is 1. The van der Waals surface area contributed by atoms with Crippen molar-refractivity contribution in [2.24, 2.45) is 5.14 Å². The molecule has 1 saturated heterocycles. The summed E-state index contributed by atoms with van der Waals surface area (Å²) in [4.78, 5) is 15.4. The van der Waals surface area contributed by atoms with E-state index in [4.69, 9.17) is 14.3 Å². The second kappa shape index (κ2) is 8.50. The minimum atomic E-state index is -3.86. The molecule has 9 heteroatoms. The molecule has 164 valence electrons. The van der Waals surface area contributed by atoms with Crippen LogP contribution >= 0.6 is 0 Å². The zero-order valence-corrected chi connectivity index (χ0v) is 18.6. The monoisotopic (exact) mass is 435 g/mol. The minimum absolute atomic E-state index is 0.0619. The molecule has 8 nitrogen and oxygen atoms in total. The molecule has 0 spiro atoms. The van der Waals surface area contributed by atoms with Crippen molar-refractivity contribution >= 4 is 21.6 Å². The lowest BCUT2D eigenvalue weighted by Crippen LogP contribution is -2.36. The van der Waals surface area contributed by atoms with E-state index in [9.17, 15) is 13.2 Å². The van der Waals surface area contributed by atoms with Gasteiger partial charge < -0.3 is 14.5 Å². The first-order valence-electron chi connectivity index (χ1n) is 9.84. The van der Waals surface area contributed by atoms with E-state index >= 15 is 0 Å². The van der Waals surface area contributed by atoms with Crippen molar-refractivity contribution in [3.8, 4) is 0 Å². The highest BCUT2D eigenvalue weighted by atomic mass is 32.2. The van der Waals surface area contributed by atoms with Gasteiger partial charge in [-0.3, -0.25) is 9.69 Å². The molecule has 1 amide bonds. The number of rotatable bonds is 5. The molecule has 3 rings (SSSR count). The molecule has 0 aliphatic carbocycles. The lowest BCUT2D eigenvalue weighted by Gasteiger charge is -2.28. The van der Waals surface area contributed by atoms with Gasteiger partial charge in [-0.2, -0.15) is 0 Å². The molecule has 30 heavy (non-hydrogen) atoms. The molecule has 1 aromatic heterocycles. The largest absolute Gasteiger partial charge is 0.465 e. The van der Waals surface area contributed by atoms with Crippen LogP contribution in [-0.2, 0) is 26.7 Å². The number of nitrogens with zero attached hydrogens (tertiary/aromatic N) is 1. The Labute approximate surface area is 177 Å². The normalized spacial score (nSPS) is 15.9. The van der Waals surface area contributed by atoms with E-state index in [1.54, 1.807) is 13.0 Å². The number of amides is 1. The number of benzene rings is 1. The summed E-state index contributed by atoms with van der Waals surface area (Å²) in [7, 11) is -3.86. The molecule has 0 radical (unpaired) electrons. The maximum absolute atomic E-state index is 13.2. The van der Waals surface area contributed by atoms with Crippen LogP contribution in [0.5, 0.6) is 0 Å². The van der Waals surface area contributed by atoms with E-state index in [2.05, 4.69) is 10.2 Å². The number of nitrogens with two attached hydrogens (primary N) is 1. The molecular weight excluding hydrogens is 406 g/mol. The van der Waals surface area contributed by atoms with Gasteiger partial charge in [-0.05, 0) is 25.1 Å². The number of nitrogens with one attached hydrogen (secondary N) is 1. The van der Waals surface area contributed by atoms with Gasteiger partial charge in [-0.25, -0.2) is 13.6 Å². The highest BCUT2D eigenvalue weighted by Crippen LogP contribution is 2.34. The van der Waals surface area contributed by atoms with E-state index in [1.165, 1.54) is 18.2 Å². The first-order chi connectivity index (χ1) is 14.0. The summed E-state index contributed by atoms with van der Waals surface area (Å²) in [5.41, 5.74) is 1.40. The van der Waals surface area contributed by atoms with Gasteiger partial charge in [0.25, 0.3) is 5.91 Å². The Morgan fingerprint density at radius 1 is 1.23 bits per heavy atom. The second-order valence-corrected chi connectivity index (χ2v) is 10.1. The average Bonchev–Trinajstić information content (AvgIpc) is 2.98. The maximum atomic E-state index is 13.2. The molecule has 1 aromatic carbocycles. The van der Waals surface area contributed by atoms with Gasteiger partial charge in [0.05, 0.1) is 23.7 Å². The maximum Gasteiger partial charge on any atom is 0.259 e. The fourth-order valence-electron chi connectivity index (χ4n) is 3.57. The van der Waals surface area contributed by atoms with Crippen LogP contribution in [0.2, 0.25) is 0 Å². The average molecular weight is 436 g/mol. The summed E-state index contributed by atoms with van der Waals surface area (Å²) in [6, 6.07) is 5.88. The Kier molecular flexibility index (Phi) is 6.37. The van der Waals surface area contributed by atoms with Crippen LogP contribution in [0.1, 0.15) is 48.2 Å². The summed E-state index contributed by atoms with van der Waals surface area (Å²) >= 11 is 0. The van der Waals surface area contributed by atoms with Crippen molar-refractivity contribution in [3.63, 3.8) is 0 Å². The van der Waals surface area contributed by atoms with Crippen LogP contribution in [-0.4, -0.2) is 45.5 Å². The van der Waals surface area contributed by atoms with E-state index in [0.717, 1.165) is 24.4 Å². The van der Waals surface area contributed by atoms with Crippen molar-refractivity contribution in [3.05, 3.63) is 46.9 Å². The Hall–Kier alpha value is -2.20. The molecule has 0 unspecified atom stereocenters. The zero-order valence-electron chi connectivity index (χ0n) is 17.8. The molecule has 0 saturated carbocycles. The molecule has 2 heterocycles. The van der Waals surface area contributed by atoms with Gasteiger partial charge in [0.15, 0.2) is 0 Å². The first-order valence-corrected chi connectivity index (χ1v) is 11.4. The number of anilines is 1. The summed E-state index contributed by atoms with van der Waals surface area (Å²) in [6.07, 6.45) is 0. The number of sulfonamides is 1. The van der Waals surface area contributed by atoms with E-state index < -0.39 is 10.0 Å². The third-order valence-electron chi connectivity index (χ3n) is 5.00. The first kappa shape index (κ1) is 22.5. The molecular formula is C21H29N3O5S. The summed E-state index contributed by atoms with van der Waals surface area (Å²) in [6.45, 7) is 11.4. The number of furan rings is 1. The Bertz CT molecular complexity index is 1030. The van der Waals surface area contributed by atoms with Gasteiger partial charge in [0, 0.05) is 36.3 Å². The van der Waals surface area contributed by atoms with E-state index in [-0.39, 0.29) is 16.2 Å². The second-order valence-electron chi connectivity index (χ2n) is 8.51. The summed E-state index contributed by atoms with van der Waals surface area (Å²) < 4.78 is 34.7. The number of ether oxygens (including phenoxy) is 1. The quantitative estimate of drug-likeness (QED) is 0.746. The number of primary sulfonamides is 1. The Morgan fingerprint density at radius 3 is 2.50 bits per heavy atom. The highest BCUT2D eigenvalue weighted by Gasteiger charge is 2.31. The SMILES string of the molecule is Cc1oc(C(C)(C)C)c(CN2CCOCC2)c1C(=O)Nc1cccc(S(N)(=O)=O)c1. The number of aryl methyl sites for hydroxylation is 1. The standard InChI is InChI=1S/C21H29N3O5S/c1-14-18(20(25)23-15-6-5-7-16(12-15)30(22,26)27)17(19(29-14)21(2,3)4)13-24-8-10-28-11-9-24/h5-7,12H,8-11,13H2,1-4H3,(H,23,25)(H2,22,26,27). The van der Waals surface area contributed by atoms with Crippen molar-refractivity contribution in [2.45, 2.75) is 44.6 Å². The third-order valence-corrected chi connectivity index (χ3v) is 5.91. The molecule has 1 aliphatic heterocycles. The number of carbonyl (C=O) groups excluding carboxylic acids is 1. The predicted octanol–water partition coefficient (Wildman–Crippen LogP) is 2.62. The van der Waals surface area contributed by atoms with Crippen LogP contribution in [0.15, 0.2) is 33.6 Å². The molecule has 0 bridgehead atoms. The lowest BCUT2D eigenvalue weighted by atomic mass is 9.88. The lowest BCUT2D eigenvalue weighted by molar-refractivity contribution is 0.0337. The minimum Gasteiger partial charge on any atom is -0.465 e. The zero-order chi connectivity index (χ0) is 22.1. The van der Waals surface area contributed by atoms with Gasteiger partial charge in [0.1, 0.15) is 11.5 Å². The number of hydrogen-bond donors (Lipinski definition) is 2. The summed E-state index contributed by atoms with van der Waals surface area (Å²) in [5, 5.41) is 7.99. The topological polar surface area (TPSA) is 115 Å². The molecule has 2 aromatic rings. The Morgan fingerprint density at radius 2 is 1.90 bits per heavy atom. The highest BCUT2D eigenvalue weighted by molar-refractivity contribution is 7.89. The van der Waals surface area contributed by atoms with Gasteiger partial charge >= 0.3 is 0 Å². The van der Waals surface area contributed by atoms with Gasteiger partial charge in [-0.1, -0.05) is 26.8 Å². The molecule has 0 atom stereocenters. The Balaban J connectivity index is 1.96. The smallest absolute Gasteiger partial charge is 0.259 e. The number of hydrogen-bond acceptors (Lipinski definition) is 6.